The highest BCUT2D eigenvalue weighted by Gasteiger charge is 2.25. The molecule has 2 amide bonds. The lowest BCUT2D eigenvalue weighted by Gasteiger charge is -2.32. The standard InChI is InChI=1S/C16H33N5O2/c1-6-18-15(19-11-13(23-5)16(2,3)4)20-12-7-9-21(10-8-12)14(17)22/h12-13H,6-11H2,1-5H3,(H2,17,22)(H2,18,19,20). The number of primary amides is 1. The molecule has 1 heterocycles. The van der Waals surface area contributed by atoms with Crippen LogP contribution >= 0.6 is 0 Å². The summed E-state index contributed by atoms with van der Waals surface area (Å²) in [6, 6.07) is -0.0313. The first kappa shape index (κ1) is 19.5. The van der Waals surface area contributed by atoms with E-state index in [0.717, 1.165) is 25.3 Å². The number of urea groups is 1. The summed E-state index contributed by atoms with van der Waals surface area (Å²) in [5.41, 5.74) is 5.36. The van der Waals surface area contributed by atoms with Gasteiger partial charge in [-0.1, -0.05) is 20.8 Å². The average molecular weight is 327 g/mol. The number of nitrogens with zero attached hydrogens (tertiary/aromatic N) is 2. The minimum absolute atomic E-state index is 0.0440. The summed E-state index contributed by atoms with van der Waals surface area (Å²) >= 11 is 0. The molecule has 0 aliphatic carbocycles. The van der Waals surface area contributed by atoms with Crippen LogP contribution in [0.5, 0.6) is 0 Å². The number of nitrogens with one attached hydrogen (secondary N) is 2. The highest BCUT2D eigenvalue weighted by atomic mass is 16.5. The van der Waals surface area contributed by atoms with Gasteiger partial charge in [-0.15, -0.1) is 0 Å². The lowest BCUT2D eigenvalue weighted by Crippen LogP contribution is -2.51. The fourth-order valence-electron chi connectivity index (χ4n) is 2.63. The number of ether oxygens (including phenoxy) is 1. The summed E-state index contributed by atoms with van der Waals surface area (Å²) in [5.74, 6) is 0.802. The monoisotopic (exact) mass is 327 g/mol. The van der Waals surface area contributed by atoms with Crippen molar-refractivity contribution in [1.82, 2.24) is 15.5 Å². The van der Waals surface area contributed by atoms with E-state index in [1.807, 2.05) is 6.92 Å². The first-order valence-electron chi connectivity index (χ1n) is 8.40. The number of piperidine rings is 1. The quantitative estimate of drug-likeness (QED) is 0.522. The van der Waals surface area contributed by atoms with Crippen molar-refractivity contribution in [3.8, 4) is 0 Å². The van der Waals surface area contributed by atoms with Crippen molar-refractivity contribution in [2.45, 2.75) is 52.7 Å². The van der Waals surface area contributed by atoms with Gasteiger partial charge >= 0.3 is 6.03 Å². The number of rotatable bonds is 5. The number of aliphatic imine (C=N–C) groups is 1. The summed E-state index contributed by atoms with van der Waals surface area (Å²) in [6.07, 6.45) is 1.82. The summed E-state index contributed by atoms with van der Waals surface area (Å²) < 4.78 is 5.55. The molecule has 4 N–H and O–H groups in total. The van der Waals surface area contributed by atoms with E-state index in [2.05, 4.69) is 36.4 Å². The molecule has 1 aliphatic rings. The van der Waals surface area contributed by atoms with Gasteiger partial charge in [0.2, 0.25) is 0 Å². The lowest BCUT2D eigenvalue weighted by molar-refractivity contribution is 0.0241. The van der Waals surface area contributed by atoms with Gasteiger partial charge in [-0.3, -0.25) is 4.99 Å². The predicted molar refractivity (Wildman–Crippen MR) is 93.5 cm³/mol. The Kier molecular flexibility index (Phi) is 7.61. The Labute approximate surface area is 140 Å². The Hall–Kier alpha value is -1.50. The van der Waals surface area contributed by atoms with E-state index in [1.165, 1.54) is 0 Å². The topological polar surface area (TPSA) is 92.0 Å². The van der Waals surface area contributed by atoms with Gasteiger partial charge in [0.15, 0.2) is 5.96 Å². The number of methoxy groups -OCH3 is 1. The molecule has 7 heteroatoms. The minimum atomic E-state index is -0.336. The van der Waals surface area contributed by atoms with E-state index in [-0.39, 0.29) is 17.6 Å². The molecule has 23 heavy (non-hydrogen) atoms. The predicted octanol–water partition coefficient (Wildman–Crippen LogP) is 1.15. The highest BCUT2D eigenvalue weighted by Crippen LogP contribution is 2.21. The van der Waals surface area contributed by atoms with Crippen molar-refractivity contribution >= 4 is 12.0 Å². The normalized spacial score (nSPS) is 18.7. The zero-order chi connectivity index (χ0) is 17.5. The van der Waals surface area contributed by atoms with E-state index in [0.29, 0.717) is 25.7 Å². The van der Waals surface area contributed by atoms with Gasteiger partial charge in [0.25, 0.3) is 0 Å². The van der Waals surface area contributed by atoms with Crippen molar-refractivity contribution in [3.05, 3.63) is 0 Å². The molecule has 7 nitrogen and oxygen atoms in total. The van der Waals surface area contributed by atoms with Crippen LogP contribution < -0.4 is 16.4 Å². The van der Waals surface area contributed by atoms with E-state index in [1.54, 1.807) is 12.0 Å². The molecular weight excluding hydrogens is 294 g/mol. The first-order valence-corrected chi connectivity index (χ1v) is 8.40. The molecule has 1 rings (SSSR count). The molecule has 0 saturated carbocycles. The van der Waals surface area contributed by atoms with Crippen LogP contribution in [0, 0.1) is 5.41 Å². The van der Waals surface area contributed by atoms with Crippen LogP contribution in [0.25, 0.3) is 0 Å². The number of hydrogen-bond donors (Lipinski definition) is 3. The van der Waals surface area contributed by atoms with Crippen LogP contribution in [0.1, 0.15) is 40.5 Å². The van der Waals surface area contributed by atoms with E-state index in [4.69, 9.17) is 10.5 Å². The second-order valence-corrected chi connectivity index (χ2v) is 7.05. The smallest absolute Gasteiger partial charge is 0.314 e. The zero-order valence-electron chi connectivity index (χ0n) is 15.2. The zero-order valence-corrected chi connectivity index (χ0v) is 15.2. The fraction of sp³-hybridized carbons (Fsp3) is 0.875. The third-order valence-corrected chi connectivity index (χ3v) is 4.16. The molecule has 134 valence electrons. The average Bonchev–Trinajstić information content (AvgIpc) is 2.47. The van der Waals surface area contributed by atoms with Crippen LogP contribution in [0.3, 0.4) is 0 Å². The Morgan fingerprint density at radius 1 is 1.39 bits per heavy atom. The van der Waals surface area contributed by atoms with Crippen LogP contribution in [0.15, 0.2) is 4.99 Å². The van der Waals surface area contributed by atoms with Crippen molar-refractivity contribution in [2.24, 2.45) is 16.1 Å². The molecule has 1 fully saturated rings. The number of carbonyl (C=O) groups excluding carboxylic acids is 1. The van der Waals surface area contributed by atoms with Crippen molar-refractivity contribution < 1.29 is 9.53 Å². The molecule has 1 unspecified atom stereocenters. The van der Waals surface area contributed by atoms with Gasteiger partial charge in [0.1, 0.15) is 0 Å². The molecule has 1 saturated heterocycles. The Bertz CT molecular complexity index is 398. The van der Waals surface area contributed by atoms with E-state index in [9.17, 15) is 4.79 Å². The number of amides is 2. The molecule has 1 aliphatic heterocycles. The summed E-state index contributed by atoms with van der Waals surface area (Å²) in [6.45, 7) is 11.3. The van der Waals surface area contributed by atoms with Gasteiger partial charge in [-0.2, -0.15) is 0 Å². The Morgan fingerprint density at radius 2 is 2.00 bits per heavy atom. The van der Waals surface area contributed by atoms with Gasteiger partial charge in [-0.05, 0) is 25.2 Å². The molecule has 1 atom stereocenters. The third-order valence-electron chi connectivity index (χ3n) is 4.16. The molecule has 0 aromatic heterocycles. The number of guanidine groups is 1. The third kappa shape index (κ3) is 6.64. The highest BCUT2D eigenvalue weighted by molar-refractivity contribution is 5.80. The van der Waals surface area contributed by atoms with E-state index < -0.39 is 0 Å². The van der Waals surface area contributed by atoms with Crippen LogP contribution in [-0.4, -0.2) is 62.3 Å². The maximum absolute atomic E-state index is 11.2. The van der Waals surface area contributed by atoms with Crippen molar-refractivity contribution in [1.29, 1.82) is 0 Å². The van der Waals surface area contributed by atoms with Crippen LogP contribution in [0.4, 0.5) is 4.79 Å². The second kappa shape index (κ2) is 8.96. The summed E-state index contributed by atoms with van der Waals surface area (Å²) in [5, 5.41) is 6.72. The molecule has 0 spiro atoms. The van der Waals surface area contributed by atoms with Gasteiger partial charge in [-0.25, -0.2) is 4.79 Å². The van der Waals surface area contributed by atoms with Gasteiger partial charge in [0, 0.05) is 32.8 Å². The maximum Gasteiger partial charge on any atom is 0.314 e. The summed E-state index contributed by atoms with van der Waals surface area (Å²) in [7, 11) is 1.73. The number of nitrogens with two attached hydrogens (primary N) is 1. The van der Waals surface area contributed by atoms with Crippen molar-refractivity contribution in [2.75, 3.05) is 33.3 Å². The second-order valence-electron chi connectivity index (χ2n) is 7.05. The van der Waals surface area contributed by atoms with Gasteiger partial charge < -0.3 is 26.0 Å². The van der Waals surface area contributed by atoms with E-state index >= 15 is 0 Å². The minimum Gasteiger partial charge on any atom is -0.379 e. The number of carbonyl (C=O) groups is 1. The summed E-state index contributed by atoms with van der Waals surface area (Å²) in [4.78, 5) is 17.5. The molecule has 0 aromatic rings. The Balaban J connectivity index is 2.58. The molecule has 0 bridgehead atoms. The maximum atomic E-state index is 11.2. The molecular formula is C16H33N5O2. The first-order chi connectivity index (χ1) is 10.8. The number of hydrogen-bond acceptors (Lipinski definition) is 3. The SMILES string of the molecule is CCNC(=NCC(OC)C(C)(C)C)NC1CCN(C(N)=O)CC1. The number of likely N-dealkylation sites (tertiary alicyclic amines) is 1. The molecule has 0 radical (unpaired) electrons. The lowest BCUT2D eigenvalue weighted by atomic mass is 9.89. The fourth-order valence-corrected chi connectivity index (χ4v) is 2.63. The molecule has 0 aromatic carbocycles. The van der Waals surface area contributed by atoms with Crippen LogP contribution in [-0.2, 0) is 4.74 Å². The van der Waals surface area contributed by atoms with Crippen LogP contribution in [0.2, 0.25) is 0 Å². The van der Waals surface area contributed by atoms with Crippen molar-refractivity contribution in [3.63, 3.8) is 0 Å². The Morgan fingerprint density at radius 3 is 2.43 bits per heavy atom. The van der Waals surface area contributed by atoms with Gasteiger partial charge in [0.05, 0.1) is 12.6 Å². The largest absolute Gasteiger partial charge is 0.379 e.